The van der Waals surface area contributed by atoms with E-state index in [4.69, 9.17) is 11.6 Å². The fraction of sp³-hybridized carbons (Fsp3) is 0.667. The van der Waals surface area contributed by atoms with Gasteiger partial charge >= 0.3 is 0 Å². The third kappa shape index (κ3) is 3.24. The molecule has 0 spiro atoms. The maximum absolute atomic E-state index is 12.0. The lowest BCUT2D eigenvalue weighted by Gasteiger charge is -2.21. The fourth-order valence-corrected chi connectivity index (χ4v) is 4.33. The van der Waals surface area contributed by atoms with E-state index in [1.54, 1.807) is 6.20 Å². The van der Waals surface area contributed by atoms with Crippen molar-refractivity contribution in [3.63, 3.8) is 0 Å². The summed E-state index contributed by atoms with van der Waals surface area (Å²) in [7, 11) is -0.795. The maximum Gasteiger partial charge on any atom is 0.183 e. The molecule has 1 aromatic heterocycles. The predicted molar refractivity (Wildman–Crippen MR) is 64.9 cm³/mol. The van der Waals surface area contributed by atoms with Gasteiger partial charge in [0, 0.05) is 33.7 Å². The first-order chi connectivity index (χ1) is 7.25. The molecule has 1 aliphatic rings. The van der Waals surface area contributed by atoms with Gasteiger partial charge in [0.25, 0.3) is 0 Å². The summed E-state index contributed by atoms with van der Waals surface area (Å²) in [5, 5.41) is 3.57. The molecular weight excluding hydrogens is 252 g/mol. The van der Waals surface area contributed by atoms with Crippen LogP contribution < -0.4 is 5.32 Å². The van der Waals surface area contributed by atoms with Gasteiger partial charge in [0.2, 0.25) is 0 Å². The summed E-state index contributed by atoms with van der Waals surface area (Å²) in [5.41, 5.74) is 0. The van der Waals surface area contributed by atoms with Gasteiger partial charge in [-0.25, -0.2) is 4.98 Å². The molecule has 84 valence electrons. The zero-order chi connectivity index (χ0) is 10.7. The predicted octanol–water partition coefficient (Wildman–Crippen LogP) is 1.80. The van der Waals surface area contributed by atoms with Crippen LogP contribution in [0.15, 0.2) is 6.20 Å². The lowest BCUT2D eigenvalue weighted by Crippen LogP contribution is -2.36. The third-order valence-electron chi connectivity index (χ3n) is 2.43. The smallest absolute Gasteiger partial charge is 0.183 e. The average Bonchev–Trinajstić information content (AvgIpc) is 2.65. The van der Waals surface area contributed by atoms with Crippen LogP contribution in [0.3, 0.4) is 0 Å². The van der Waals surface area contributed by atoms with E-state index < -0.39 is 10.8 Å². The number of aromatic nitrogens is 1. The van der Waals surface area contributed by atoms with E-state index in [0.717, 1.165) is 30.8 Å². The van der Waals surface area contributed by atoms with Gasteiger partial charge in [0.1, 0.15) is 0 Å². The van der Waals surface area contributed by atoms with Crippen molar-refractivity contribution in [2.45, 2.75) is 23.8 Å². The van der Waals surface area contributed by atoms with Crippen LogP contribution in [0.2, 0.25) is 4.47 Å². The molecule has 3 nitrogen and oxygen atoms in total. The van der Waals surface area contributed by atoms with Crippen molar-refractivity contribution in [2.75, 3.05) is 13.1 Å². The zero-order valence-electron chi connectivity index (χ0n) is 8.24. The average molecular weight is 265 g/mol. The number of halogens is 1. The summed E-state index contributed by atoms with van der Waals surface area (Å²) in [6.45, 7) is 1.93. The van der Waals surface area contributed by atoms with E-state index in [2.05, 4.69) is 10.3 Å². The Hall–Kier alpha value is 0.0300. The Bertz CT molecular complexity index is 350. The quantitative estimate of drug-likeness (QED) is 0.905. The molecule has 0 radical (unpaired) electrons. The third-order valence-corrected chi connectivity index (χ3v) is 5.47. The molecule has 2 atom stereocenters. The van der Waals surface area contributed by atoms with Gasteiger partial charge in [-0.05, 0) is 19.4 Å². The highest BCUT2D eigenvalue weighted by Gasteiger charge is 2.20. The summed E-state index contributed by atoms with van der Waals surface area (Å²) in [4.78, 5) is 4.97. The molecule has 1 aromatic rings. The monoisotopic (exact) mass is 264 g/mol. The van der Waals surface area contributed by atoms with Gasteiger partial charge in [0.15, 0.2) is 4.47 Å². The minimum absolute atomic E-state index is 0.291. The SMILES string of the molecule is O=[S@](Cc1cnc(Cl)s1)[C@@H]1CCCNC1. The minimum atomic E-state index is -0.795. The van der Waals surface area contributed by atoms with E-state index in [1.807, 2.05) is 0 Å². The van der Waals surface area contributed by atoms with Crippen molar-refractivity contribution in [3.8, 4) is 0 Å². The Balaban J connectivity index is 1.91. The van der Waals surface area contributed by atoms with E-state index in [0.29, 0.717) is 15.5 Å². The molecule has 2 heterocycles. The standard InChI is InChI=1S/C9H13ClN2OS2/c10-9-12-4-7(14-9)6-15(13)8-2-1-3-11-5-8/h4,8,11H,1-3,5-6H2/t8-,15-/m1/s1. The molecule has 0 unspecified atom stereocenters. The van der Waals surface area contributed by atoms with E-state index >= 15 is 0 Å². The highest BCUT2D eigenvalue weighted by atomic mass is 35.5. The fourth-order valence-electron chi connectivity index (χ4n) is 1.65. The van der Waals surface area contributed by atoms with Crippen LogP contribution in [0.4, 0.5) is 0 Å². The van der Waals surface area contributed by atoms with E-state index in [-0.39, 0.29) is 0 Å². The molecule has 15 heavy (non-hydrogen) atoms. The summed E-state index contributed by atoms with van der Waals surface area (Å²) < 4.78 is 12.5. The Morgan fingerprint density at radius 2 is 2.60 bits per heavy atom. The zero-order valence-corrected chi connectivity index (χ0v) is 10.6. The van der Waals surface area contributed by atoms with Crippen molar-refractivity contribution in [1.29, 1.82) is 0 Å². The highest BCUT2D eigenvalue weighted by molar-refractivity contribution is 7.85. The van der Waals surface area contributed by atoms with Crippen LogP contribution in [-0.2, 0) is 16.6 Å². The second-order valence-corrected chi connectivity index (χ2v) is 6.99. The first-order valence-corrected chi connectivity index (χ1v) is 7.51. The van der Waals surface area contributed by atoms with Crippen molar-refractivity contribution in [1.82, 2.24) is 10.3 Å². The first-order valence-electron chi connectivity index (χ1n) is 4.94. The van der Waals surface area contributed by atoms with Crippen molar-refractivity contribution in [2.24, 2.45) is 0 Å². The van der Waals surface area contributed by atoms with Gasteiger partial charge in [0.05, 0.1) is 5.75 Å². The van der Waals surface area contributed by atoms with Crippen LogP contribution in [0.1, 0.15) is 17.7 Å². The van der Waals surface area contributed by atoms with Crippen molar-refractivity contribution in [3.05, 3.63) is 15.5 Å². The number of nitrogens with one attached hydrogen (secondary N) is 1. The van der Waals surface area contributed by atoms with Gasteiger partial charge in [-0.2, -0.15) is 0 Å². The van der Waals surface area contributed by atoms with Crippen LogP contribution in [0.25, 0.3) is 0 Å². The summed E-state index contributed by atoms with van der Waals surface area (Å²) in [6.07, 6.45) is 3.91. The minimum Gasteiger partial charge on any atom is -0.316 e. The summed E-state index contributed by atoms with van der Waals surface area (Å²) in [5.74, 6) is 0.594. The maximum atomic E-state index is 12.0. The van der Waals surface area contributed by atoms with Crippen molar-refractivity contribution < 1.29 is 4.21 Å². The number of hydrogen-bond donors (Lipinski definition) is 1. The number of nitrogens with zero attached hydrogens (tertiary/aromatic N) is 1. The Morgan fingerprint density at radius 1 is 1.73 bits per heavy atom. The highest BCUT2D eigenvalue weighted by Crippen LogP contribution is 2.21. The largest absolute Gasteiger partial charge is 0.316 e. The molecule has 0 aliphatic carbocycles. The van der Waals surface area contributed by atoms with Crippen LogP contribution >= 0.6 is 22.9 Å². The lowest BCUT2D eigenvalue weighted by molar-refractivity contribution is 0.519. The molecule has 1 fully saturated rings. The van der Waals surface area contributed by atoms with Crippen LogP contribution in [0.5, 0.6) is 0 Å². The van der Waals surface area contributed by atoms with Gasteiger partial charge in [-0.1, -0.05) is 11.6 Å². The molecular formula is C9H13ClN2OS2. The topological polar surface area (TPSA) is 42.0 Å². The van der Waals surface area contributed by atoms with E-state index in [1.165, 1.54) is 11.3 Å². The molecule has 0 amide bonds. The van der Waals surface area contributed by atoms with Crippen LogP contribution in [-0.4, -0.2) is 27.5 Å². The normalized spacial score (nSPS) is 23.9. The van der Waals surface area contributed by atoms with Gasteiger partial charge < -0.3 is 5.32 Å². The second kappa shape index (κ2) is 5.39. The Kier molecular flexibility index (Phi) is 4.13. The van der Waals surface area contributed by atoms with E-state index in [9.17, 15) is 4.21 Å². The van der Waals surface area contributed by atoms with Gasteiger partial charge in [-0.3, -0.25) is 4.21 Å². The van der Waals surface area contributed by atoms with Crippen LogP contribution in [0, 0.1) is 0 Å². The molecule has 1 N–H and O–H groups in total. The second-order valence-electron chi connectivity index (χ2n) is 3.57. The number of hydrogen-bond acceptors (Lipinski definition) is 4. The Morgan fingerprint density at radius 3 is 3.20 bits per heavy atom. The molecule has 2 rings (SSSR count). The number of rotatable bonds is 3. The molecule has 0 saturated carbocycles. The molecule has 1 aliphatic heterocycles. The molecule has 6 heteroatoms. The van der Waals surface area contributed by atoms with Crippen molar-refractivity contribution >= 4 is 33.7 Å². The lowest BCUT2D eigenvalue weighted by atomic mass is 10.2. The summed E-state index contributed by atoms with van der Waals surface area (Å²) >= 11 is 7.15. The molecule has 0 aromatic carbocycles. The molecule has 0 bridgehead atoms. The Labute approximate surface area is 101 Å². The number of piperidine rings is 1. The number of thiazole rings is 1. The van der Waals surface area contributed by atoms with Gasteiger partial charge in [-0.15, -0.1) is 11.3 Å². The first kappa shape index (κ1) is 11.5. The summed E-state index contributed by atoms with van der Waals surface area (Å²) in [6, 6.07) is 0. The molecule has 1 saturated heterocycles.